The lowest BCUT2D eigenvalue weighted by atomic mass is 10.1. The van der Waals surface area contributed by atoms with Crippen LogP contribution in [0.3, 0.4) is 0 Å². The lowest BCUT2D eigenvalue weighted by Gasteiger charge is -2.15. The fraction of sp³-hybridized carbons (Fsp3) is 0.143. The molecule has 1 unspecified atom stereocenters. The molecule has 2 N–H and O–H groups in total. The second-order valence-electron chi connectivity index (χ2n) is 4.05. The van der Waals surface area contributed by atoms with Crippen molar-refractivity contribution in [2.24, 2.45) is 0 Å². The second kappa shape index (κ2) is 6.38. The summed E-state index contributed by atoms with van der Waals surface area (Å²) in [7, 11) is 1.56. The maximum Gasteiger partial charge on any atom is 0.332 e. The molecule has 0 saturated carbocycles. The second-order valence-corrected chi connectivity index (χ2v) is 4.96. The van der Waals surface area contributed by atoms with Gasteiger partial charge in [-0.1, -0.05) is 6.07 Å². The molecular weight excluding hydrogens is 324 g/mol. The minimum absolute atomic E-state index is 0.434. The molecule has 0 saturated heterocycles. The summed E-state index contributed by atoms with van der Waals surface area (Å²) >= 11 is 3.27. The van der Waals surface area contributed by atoms with Crippen molar-refractivity contribution in [2.45, 2.75) is 6.04 Å². The zero-order valence-corrected chi connectivity index (χ0v) is 12.3. The number of carbonyl (C=O) groups is 1. The van der Waals surface area contributed by atoms with Crippen molar-refractivity contribution in [1.82, 2.24) is 4.98 Å². The number of hydrogen-bond donors (Lipinski definition) is 2. The number of rotatable bonds is 5. The van der Waals surface area contributed by atoms with Crippen LogP contribution in [0.2, 0.25) is 0 Å². The molecule has 1 heterocycles. The standard InChI is InChI=1S/C14H13BrN2O3/c1-20-11-4-2-3-10(7-11)17-13(14(18)19)12-6-5-9(15)8-16-12/h2-8,13,17H,1H3,(H,18,19). The predicted molar refractivity (Wildman–Crippen MR) is 78.9 cm³/mol. The first kappa shape index (κ1) is 14.3. The van der Waals surface area contributed by atoms with E-state index in [1.54, 1.807) is 49.7 Å². The molecule has 1 aromatic carbocycles. The van der Waals surface area contributed by atoms with Crippen molar-refractivity contribution in [1.29, 1.82) is 0 Å². The Morgan fingerprint density at radius 2 is 2.20 bits per heavy atom. The highest BCUT2D eigenvalue weighted by Gasteiger charge is 2.21. The molecule has 1 atom stereocenters. The molecule has 1 aromatic heterocycles. The van der Waals surface area contributed by atoms with E-state index in [9.17, 15) is 9.90 Å². The van der Waals surface area contributed by atoms with Gasteiger partial charge in [0.2, 0.25) is 0 Å². The largest absolute Gasteiger partial charge is 0.497 e. The fourth-order valence-electron chi connectivity index (χ4n) is 1.70. The number of nitrogens with zero attached hydrogens (tertiary/aromatic N) is 1. The molecule has 2 rings (SSSR count). The Bertz CT molecular complexity index is 602. The van der Waals surface area contributed by atoms with E-state index >= 15 is 0 Å². The Kier molecular flexibility index (Phi) is 4.57. The molecule has 0 fully saturated rings. The minimum atomic E-state index is -0.998. The van der Waals surface area contributed by atoms with Gasteiger partial charge in [-0.05, 0) is 40.2 Å². The van der Waals surface area contributed by atoms with Crippen molar-refractivity contribution in [3.63, 3.8) is 0 Å². The number of halogens is 1. The Morgan fingerprint density at radius 1 is 1.40 bits per heavy atom. The van der Waals surface area contributed by atoms with Gasteiger partial charge in [0, 0.05) is 22.4 Å². The van der Waals surface area contributed by atoms with Gasteiger partial charge in [-0.2, -0.15) is 0 Å². The maximum absolute atomic E-state index is 11.4. The van der Waals surface area contributed by atoms with E-state index in [0.29, 0.717) is 17.1 Å². The lowest BCUT2D eigenvalue weighted by molar-refractivity contribution is -0.138. The smallest absolute Gasteiger partial charge is 0.332 e. The van der Waals surface area contributed by atoms with Crippen LogP contribution in [0.1, 0.15) is 11.7 Å². The van der Waals surface area contributed by atoms with Gasteiger partial charge in [0.15, 0.2) is 6.04 Å². The van der Waals surface area contributed by atoms with Crippen LogP contribution in [-0.4, -0.2) is 23.2 Å². The summed E-state index contributed by atoms with van der Waals surface area (Å²) in [6, 6.07) is 9.58. The van der Waals surface area contributed by atoms with Crippen molar-refractivity contribution in [3.05, 3.63) is 52.8 Å². The van der Waals surface area contributed by atoms with Crippen LogP contribution in [0, 0.1) is 0 Å². The molecule has 0 bridgehead atoms. The number of pyridine rings is 1. The third-order valence-corrected chi connectivity index (χ3v) is 3.14. The van der Waals surface area contributed by atoms with Gasteiger partial charge in [0.25, 0.3) is 0 Å². The average Bonchev–Trinajstić information content (AvgIpc) is 2.46. The maximum atomic E-state index is 11.4. The molecular formula is C14H13BrN2O3. The average molecular weight is 337 g/mol. The number of carboxylic acids is 1. The summed E-state index contributed by atoms with van der Waals surface area (Å²) in [5, 5.41) is 12.3. The van der Waals surface area contributed by atoms with Crippen molar-refractivity contribution in [3.8, 4) is 5.75 Å². The van der Waals surface area contributed by atoms with Crippen LogP contribution in [-0.2, 0) is 4.79 Å². The number of aromatic nitrogens is 1. The van der Waals surface area contributed by atoms with E-state index in [0.717, 1.165) is 4.47 Å². The summed E-state index contributed by atoms with van der Waals surface area (Å²) in [5.41, 5.74) is 1.09. The molecule has 5 nitrogen and oxygen atoms in total. The number of ether oxygens (including phenoxy) is 1. The van der Waals surface area contributed by atoms with Gasteiger partial charge in [-0.15, -0.1) is 0 Å². The van der Waals surface area contributed by atoms with Crippen LogP contribution in [0.4, 0.5) is 5.69 Å². The van der Waals surface area contributed by atoms with Crippen molar-refractivity contribution >= 4 is 27.6 Å². The third-order valence-electron chi connectivity index (χ3n) is 2.67. The molecule has 0 radical (unpaired) electrons. The van der Waals surface area contributed by atoms with Gasteiger partial charge in [0.1, 0.15) is 5.75 Å². The van der Waals surface area contributed by atoms with Gasteiger partial charge in [0.05, 0.1) is 12.8 Å². The van der Waals surface area contributed by atoms with E-state index in [1.807, 2.05) is 0 Å². The summed E-state index contributed by atoms with van der Waals surface area (Å²) < 4.78 is 5.91. The fourth-order valence-corrected chi connectivity index (χ4v) is 1.93. The number of aliphatic carboxylic acids is 1. The molecule has 0 aliphatic rings. The first-order valence-corrected chi connectivity index (χ1v) is 6.64. The Balaban J connectivity index is 2.25. The minimum Gasteiger partial charge on any atom is -0.497 e. The van der Waals surface area contributed by atoms with Crippen LogP contribution >= 0.6 is 15.9 Å². The zero-order chi connectivity index (χ0) is 14.5. The first-order valence-electron chi connectivity index (χ1n) is 5.85. The number of benzene rings is 1. The number of methoxy groups -OCH3 is 1. The van der Waals surface area contributed by atoms with Crippen LogP contribution < -0.4 is 10.1 Å². The molecule has 20 heavy (non-hydrogen) atoms. The van der Waals surface area contributed by atoms with Crippen molar-refractivity contribution < 1.29 is 14.6 Å². The number of carboxylic acid groups (broad SMARTS) is 1. The summed E-state index contributed by atoms with van der Waals surface area (Å²) in [4.78, 5) is 15.5. The SMILES string of the molecule is COc1cccc(NC(C(=O)O)c2ccc(Br)cn2)c1. The van der Waals surface area contributed by atoms with E-state index in [2.05, 4.69) is 26.2 Å². The van der Waals surface area contributed by atoms with Crippen LogP contribution in [0.25, 0.3) is 0 Å². The Hall–Kier alpha value is -2.08. The Labute approximate surface area is 124 Å². The predicted octanol–water partition coefficient (Wildman–Crippen LogP) is 3.09. The third kappa shape index (κ3) is 3.48. The van der Waals surface area contributed by atoms with Gasteiger partial charge < -0.3 is 15.2 Å². The summed E-state index contributed by atoms with van der Waals surface area (Å²) in [6.07, 6.45) is 1.57. The van der Waals surface area contributed by atoms with E-state index in [1.165, 1.54) is 0 Å². The monoisotopic (exact) mass is 336 g/mol. The highest BCUT2D eigenvalue weighted by atomic mass is 79.9. The van der Waals surface area contributed by atoms with E-state index in [-0.39, 0.29) is 0 Å². The van der Waals surface area contributed by atoms with Gasteiger partial charge >= 0.3 is 5.97 Å². The van der Waals surface area contributed by atoms with E-state index in [4.69, 9.17) is 4.74 Å². The summed E-state index contributed by atoms with van der Waals surface area (Å²) in [5.74, 6) is -0.342. The highest BCUT2D eigenvalue weighted by Crippen LogP contribution is 2.23. The van der Waals surface area contributed by atoms with E-state index < -0.39 is 12.0 Å². The highest BCUT2D eigenvalue weighted by molar-refractivity contribution is 9.10. The zero-order valence-electron chi connectivity index (χ0n) is 10.7. The van der Waals surface area contributed by atoms with Crippen LogP contribution in [0.15, 0.2) is 47.1 Å². The molecule has 6 heteroatoms. The lowest BCUT2D eigenvalue weighted by Crippen LogP contribution is -2.21. The number of nitrogens with one attached hydrogen (secondary N) is 1. The first-order chi connectivity index (χ1) is 9.60. The molecule has 0 aliphatic carbocycles. The molecule has 0 spiro atoms. The molecule has 0 amide bonds. The summed E-state index contributed by atoms with van der Waals surface area (Å²) in [6.45, 7) is 0. The number of hydrogen-bond acceptors (Lipinski definition) is 4. The van der Waals surface area contributed by atoms with Gasteiger partial charge in [-0.3, -0.25) is 4.98 Å². The van der Waals surface area contributed by atoms with Gasteiger partial charge in [-0.25, -0.2) is 4.79 Å². The Morgan fingerprint density at radius 3 is 2.80 bits per heavy atom. The normalized spacial score (nSPS) is 11.7. The quantitative estimate of drug-likeness (QED) is 0.877. The molecule has 104 valence electrons. The topological polar surface area (TPSA) is 71.5 Å². The molecule has 0 aliphatic heterocycles. The van der Waals surface area contributed by atoms with Crippen LogP contribution in [0.5, 0.6) is 5.75 Å². The molecule has 2 aromatic rings. The van der Waals surface area contributed by atoms with Crippen molar-refractivity contribution in [2.75, 3.05) is 12.4 Å². The number of anilines is 1.